The lowest BCUT2D eigenvalue weighted by Gasteiger charge is -2.29. The molecule has 2 aliphatic rings. The van der Waals surface area contributed by atoms with Gasteiger partial charge in [0.05, 0.1) is 19.8 Å². The summed E-state index contributed by atoms with van der Waals surface area (Å²) in [4.78, 5) is 7.32. The highest BCUT2D eigenvalue weighted by Crippen LogP contribution is 2.37. The van der Waals surface area contributed by atoms with Gasteiger partial charge in [-0.3, -0.25) is 9.89 Å². The summed E-state index contributed by atoms with van der Waals surface area (Å²) in [6, 6.07) is 0. The second kappa shape index (κ2) is 11.8. The van der Waals surface area contributed by atoms with Crippen LogP contribution in [0.1, 0.15) is 33.6 Å². The molecule has 2 heterocycles. The molecule has 0 saturated carbocycles. The number of halogens is 1. The smallest absolute Gasteiger partial charge is 0.191 e. The van der Waals surface area contributed by atoms with Gasteiger partial charge in [-0.2, -0.15) is 11.8 Å². The number of morpholine rings is 1. The van der Waals surface area contributed by atoms with Crippen LogP contribution in [0.15, 0.2) is 4.99 Å². The molecular weight excluding hydrogens is 435 g/mol. The van der Waals surface area contributed by atoms with E-state index in [9.17, 15) is 0 Å². The Morgan fingerprint density at radius 2 is 2.08 bits per heavy atom. The first-order valence-electron chi connectivity index (χ1n) is 9.07. The number of aliphatic imine (C=N–C) groups is 1. The molecule has 0 aliphatic carbocycles. The molecule has 7 heteroatoms. The summed E-state index contributed by atoms with van der Waals surface area (Å²) in [5.41, 5.74) is 0. The lowest BCUT2D eigenvalue weighted by atomic mass is 10.1. The zero-order valence-electron chi connectivity index (χ0n) is 15.5. The number of ether oxygens (including phenoxy) is 1. The Bertz CT molecular complexity index is 372. The van der Waals surface area contributed by atoms with Crippen LogP contribution in [0.4, 0.5) is 0 Å². The predicted octanol–water partition coefficient (Wildman–Crippen LogP) is 2.41. The van der Waals surface area contributed by atoms with Crippen molar-refractivity contribution in [1.29, 1.82) is 0 Å². The van der Waals surface area contributed by atoms with Crippen LogP contribution < -0.4 is 10.6 Å². The van der Waals surface area contributed by atoms with Gasteiger partial charge in [0, 0.05) is 37.5 Å². The van der Waals surface area contributed by atoms with Crippen LogP contribution in [-0.4, -0.2) is 73.8 Å². The van der Waals surface area contributed by atoms with Gasteiger partial charge in [0.25, 0.3) is 0 Å². The zero-order chi connectivity index (χ0) is 16.5. The molecule has 0 radical (unpaired) electrons. The fourth-order valence-electron chi connectivity index (χ4n) is 3.11. The third-order valence-corrected chi connectivity index (χ3v) is 6.03. The van der Waals surface area contributed by atoms with Gasteiger partial charge in [0.1, 0.15) is 0 Å². The van der Waals surface area contributed by atoms with E-state index in [4.69, 9.17) is 9.73 Å². The van der Waals surface area contributed by atoms with Crippen molar-refractivity contribution >= 4 is 41.7 Å². The van der Waals surface area contributed by atoms with E-state index in [0.717, 1.165) is 58.4 Å². The third-order valence-electron chi connectivity index (χ3n) is 4.51. The van der Waals surface area contributed by atoms with E-state index >= 15 is 0 Å². The Hall–Kier alpha value is 0.270. The van der Waals surface area contributed by atoms with Crippen molar-refractivity contribution in [1.82, 2.24) is 15.5 Å². The maximum Gasteiger partial charge on any atom is 0.191 e. The first-order chi connectivity index (χ1) is 11.1. The van der Waals surface area contributed by atoms with Gasteiger partial charge in [0.2, 0.25) is 0 Å². The van der Waals surface area contributed by atoms with Gasteiger partial charge in [-0.15, -0.1) is 24.0 Å². The first-order valence-corrected chi connectivity index (χ1v) is 10.1. The third kappa shape index (κ3) is 8.10. The molecule has 0 spiro atoms. The predicted molar refractivity (Wildman–Crippen MR) is 116 cm³/mol. The molecular formula is C17H35IN4OS. The summed E-state index contributed by atoms with van der Waals surface area (Å²) in [5, 5.41) is 6.90. The highest BCUT2D eigenvalue weighted by atomic mass is 127. The SMILES string of the molecule is CCNC(=NCC1(C)CCCS1)NCC(C)CN1CCOCC1.I. The maximum atomic E-state index is 5.41. The van der Waals surface area contributed by atoms with Crippen LogP contribution in [0, 0.1) is 5.92 Å². The molecule has 0 amide bonds. The van der Waals surface area contributed by atoms with E-state index < -0.39 is 0 Å². The highest BCUT2D eigenvalue weighted by molar-refractivity contribution is 14.0. The lowest BCUT2D eigenvalue weighted by Crippen LogP contribution is -2.44. The molecule has 0 aromatic heterocycles. The van der Waals surface area contributed by atoms with Crippen LogP contribution in [0.2, 0.25) is 0 Å². The van der Waals surface area contributed by atoms with Crippen molar-refractivity contribution in [3.63, 3.8) is 0 Å². The van der Waals surface area contributed by atoms with Crippen LogP contribution in [0.5, 0.6) is 0 Å². The minimum atomic E-state index is 0. The van der Waals surface area contributed by atoms with E-state index in [0.29, 0.717) is 10.7 Å². The lowest BCUT2D eigenvalue weighted by molar-refractivity contribution is 0.0320. The van der Waals surface area contributed by atoms with Gasteiger partial charge in [-0.25, -0.2) is 0 Å². The Morgan fingerprint density at radius 1 is 1.33 bits per heavy atom. The summed E-state index contributed by atoms with van der Waals surface area (Å²) in [6.07, 6.45) is 2.62. The second-order valence-corrected chi connectivity index (χ2v) is 8.68. The fraction of sp³-hybridized carbons (Fsp3) is 0.941. The molecule has 2 fully saturated rings. The standard InChI is InChI=1S/C17H34N4OS.HI/c1-4-18-16(20-14-17(3)6-5-11-23-17)19-12-15(2)13-21-7-9-22-10-8-21;/h15H,4-14H2,1-3H3,(H2,18,19,20);1H. The number of guanidine groups is 1. The van der Waals surface area contributed by atoms with Gasteiger partial charge in [0.15, 0.2) is 5.96 Å². The van der Waals surface area contributed by atoms with E-state index in [1.165, 1.54) is 18.6 Å². The van der Waals surface area contributed by atoms with Crippen molar-refractivity contribution in [3.8, 4) is 0 Å². The Balaban J connectivity index is 0.00000288. The minimum Gasteiger partial charge on any atom is -0.379 e. The normalized spacial score (nSPS) is 26.7. The van der Waals surface area contributed by atoms with Crippen molar-refractivity contribution in [2.45, 2.75) is 38.4 Å². The Kier molecular flexibility index (Phi) is 11.0. The van der Waals surface area contributed by atoms with Crippen LogP contribution in [0.3, 0.4) is 0 Å². The van der Waals surface area contributed by atoms with Crippen molar-refractivity contribution < 1.29 is 4.74 Å². The fourth-order valence-corrected chi connectivity index (χ4v) is 4.34. The summed E-state index contributed by atoms with van der Waals surface area (Å²) in [6.45, 7) is 14.6. The molecule has 5 nitrogen and oxygen atoms in total. The van der Waals surface area contributed by atoms with Gasteiger partial charge < -0.3 is 15.4 Å². The molecule has 0 aromatic carbocycles. The second-order valence-electron chi connectivity index (χ2n) is 7.00. The number of rotatable bonds is 7. The molecule has 0 bridgehead atoms. The monoisotopic (exact) mass is 470 g/mol. The zero-order valence-corrected chi connectivity index (χ0v) is 18.6. The van der Waals surface area contributed by atoms with Gasteiger partial charge in [-0.05, 0) is 38.4 Å². The molecule has 2 atom stereocenters. The largest absolute Gasteiger partial charge is 0.379 e. The highest BCUT2D eigenvalue weighted by Gasteiger charge is 2.29. The Morgan fingerprint density at radius 3 is 2.71 bits per heavy atom. The number of nitrogens with zero attached hydrogens (tertiary/aromatic N) is 2. The number of hydrogen-bond donors (Lipinski definition) is 2. The van der Waals surface area contributed by atoms with E-state index in [1.807, 2.05) is 0 Å². The average molecular weight is 470 g/mol. The molecule has 2 N–H and O–H groups in total. The van der Waals surface area contributed by atoms with Crippen LogP contribution in [-0.2, 0) is 4.74 Å². The van der Waals surface area contributed by atoms with E-state index in [1.54, 1.807) is 0 Å². The summed E-state index contributed by atoms with van der Waals surface area (Å²) < 4.78 is 5.75. The van der Waals surface area contributed by atoms with Gasteiger partial charge >= 0.3 is 0 Å². The summed E-state index contributed by atoms with van der Waals surface area (Å²) >= 11 is 2.07. The van der Waals surface area contributed by atoms with Crippen molar-refractivity contribution in [3.05, 3.63) is 0 Å². The van der Waals surface area contributed by atoms with Crippen molar-refractivity contribution in [2.24, 2.45) is 10.9 Å². The number of hydrogen-bond acceptors (Lipinski definition) is 4. The molecule has 2 saturated heterocycles. The van der Waals surface area contributed by atoms with Gasteiger partial charge in [-0.1, -0.05) is 6.92 Å². The Labute approximate surface area is 169 Å². The van der Waals surface area contributed by atoms with Crippen LogP contribution >= 0.6 is 35.7 Å². The molecule has 24 heavy (non-hydrogen) atoms. The number of nitrogens with one attached hydrogen (secondary N) is 2. The summed E-state index contributed by atoms with van der Waals surface area (Å²) in [5.74, 6) is 2.86. The quantitative estimate of drug-likeness (QED) is 0.340. The van der Waals surface area contributed by atoms with Crippen molar-refractivity contribution in [2.75, 3.05) is 58.2 Å². The molecule has 142 valence electrons. The first kappa shape index (κ1) is 22.3. The maximum absolute atomic E-state index is 5.41. The topological polar surface area (TPSA) is 48.9 Å². The van der Waals surface area contributed by atoms with Crippen LogP contribution in [0.25, 0.3) is 0 Å². The molecule has 0 aromatic rings. The minimum absolute atomic E-state index is 0. The average Bonchev–Trinajstić information content (AvgIpc) is 2.98. The van der Waals surface area contributed by atoms with E-state index in [-0.39, 0.29) is 24.0 Å². The molecule has 2 unspecified atom stereocenters. The molecule has 2 aliphatic heterocycles. The summed E-state index contributed by atoms with van der Waals surface area (Å²) in [7, 11) is 0. The number of thioether (sulfide) groups is 1. The van der Waals surface area contributed by atoms with E-state index in [2.05, 4.69) is 48.1 Å². The molecule has 2 rings (SSSR count).